The van der Waals surface area contributed by atoms with Crippen molar-refractivity contribution in [1.29, 1.82) is 0 Å². The third-order valence-electron chi connectivity index (χ3n) is 2.30. The van der Waals surface area contributed by atoms with Gasteiger partial charge in [0.25, 0.3) is 5.56 Å². The fourth-order valence-electron chi connectivity index (χ4n) is 1.53. The van der Waals surface area contributed by atoms with Gasteiger partial charge in [-0.2, -0.15) is 0 Å². The molecule has 0 atom stereocenters. The quantitative estimate of drug-likeness (QED) is 0.767. The molecule has 0 saturated heterocycles. The second-order valence-corrected chi connectivity index (χ2v) is 3.27. The number of hydrogen-bond donors (Lipinski definition) is 2. The topological polar surface area (TPSA) is 74.4 Å². The van der Waals surface area contributed by atoms with Gasteiger partial charge >= 0.3 is 0 Å². The molecule has 0 aromatic carbocycles. The number of aromatic nitrogens is 4. The van der Waals surface area contributed by atoms with Gasteiger partial charge in [-0.1, -0.05) is 6.92 Å². The van der Waals surface area contributed by atoms with Crippen LogP contribution >= 0.6 is 0 Å². The molecule has 2 aromatic rings. The minimum Gasteiger partial charge on any atom is -0.342 e. The maximum atomic E-state index is 11.6. The van der Waals surface area contributed by atoms with Crippen molar-refractivity contribution in [2.24, 2.45) is 0 Å². The molecular formula is C10H12N4O. The Morgan fingerprint density at radius 1 is 1.40 bits per heavy atom. The fraction of sp³-hybridized carbons (Fsp3) is 0.300. The highest BCUT2D eigenvalue weighted by Crippen LogP contribution is 2.08. The van der Waals surface area contributed by atoms with Crippen LogP contribution in [0.1, 0.15) is 18.2 Å². The van der Waals surface area contributed by atoms with E-state index in [1.807, 2.05) is 13.8 Å². The Bertz CT molecular complexity index is 513. The first-order valence-corrected chi connectivity index (χ1v) is 4.82. The molecule has 0 bridgehead atoms. The lowest BCUT2D eigenvalue weighted by molar-refractivity contribution is 0.957. The van der Waals surface area contributed by atoms with Crippen LogP contribution in [0.5, 0.6) is 0 Å². The van der Waals surface area contributed by atoms with E-state index in [-0.39, 0.29) is 5.56 Å². The first-order valence-electron chi connectivity index (χ1n) is 4.82. The van der Waals surface area contributed by atoms with Crippen LogP contribution < -0.4 is 5.56 Å². The SMILES string of the molecule is CCc1c(C)nc(-c2ncc[nH]2)[nH]c1=O. The van der Waals surface area contributed by atoms with E-state index in [0.29, 0.717) is 18.1 Å². The van der Waals surface area contributed by atoms with Crippen molar-refractivity contribution in [3.05, 3.63) is 34.0 Å². The molecule has 2 heterocycles. The van der Waals surface area contributed by atoms with Crippen LogP contribution in [0.2, 0.25) is 0 Å². The highest BCUT2D eigenvalue weighted by molar-refractivity contribution is 5.43. The number of nitrogens with zero attached hydrogens (tertiary/aromatic N) is 2. The molecule has 2 rings (SSSR count). The highest BCUT2D eigenvalue weighted by Gasteiger charge is 2.08. The van der Waals surface area contributed by atoms with Gasteiger partial charge in [0.2, 0.25) is 0 Å². The fourth-order valence-corrected chi connectivity index (χ4v) is 1.53. The van der Waals surface area contributed by atoms with E-state index in [9.17, 15) is 4.79 Å². The largest absolute Gasteiger partial charge is 0.342 e. The van der Waals surface area contributed by atoms with Crippen molar-refractivity contribution >= 4 is 0 Å². The van der Waals surface area contributed by atoms with Crippen LogP contribution in [0.25, 0.3) is 11.6 Å². The van der Waals surface area contributed by atoms with Gasteiger partial charge in [0.05, 0.1) is 0 Å². The number of aromatic amines is 2. The smallest absolute Gasteiger partial charge is 0.254 e. The number of rotatable bonds is 2. The van der Waals surface area contributed by atoms with Gasteiger partial charge in [-0.25, -0.2) is 9.97 Å². The molecule has 5 nitrogen and oxygen atoms in total. The zero-order valence-electron chi connectivity index (χ0n) is 8.66. The molecule has 0 fully saturated rings. The average molecular weight is 204 g/mol. The summed E-state index contributed by atoms with van der Waals surface area (Å²) in [6, 6.07) is 0. The lowest BCUT2D eigenvalue weighted by atomic mass is 10.2. The zero-order chi connectivity index (χ0) is 10.8. The van der Waals surface area contributed by atoms with Crippen molar-refractivity contribution in [3.63, 3.8) is 0 Å². The zero-order valence-corrected chi connectivity index (χ0v) is 8.66. The molecule has 0 aliphatic carbocycles. The molecule has 0 saturated carbocycles. The number of hydrogen-bond acceptors (Lipinski definition) is 3. The van der Waals surface area contributed by atoms with E-state index >= 15 is 0 Å². The minimum atomic E-state index is -0.0867. The van der Waals surface area contributed by atoms with Gasteiger partial charge in [-0.05, 0) is 13.3 Å². The van der Waals surface area contributed by atoms with Crippen LogP contribution in [0, 0.1) is 6.92 Å². The second-order valence-electron chi connectivity index (χ2n) is 3.27. The van der Waals surface area contributed by atoms with Crippen LogP contribution in [-0.2, 0) is 6.42 Å². The van der Waals surface area contributed by atoms with E-state index in [4.69, 9.17) is 0 Å². The van der Waals surface area contributed by atoms with E-state index in [0.717, 1.165) is 11.3 Å². The number of aryl methyl sites for hydroxylation is 1. The van der Waals surface area contributed by atoms with Crippen LogP contribution in [-0.4, -0.2) is 19.9 Å². The molecular weight excluding hydrogens is 192 g/mol. The summed E-state index contributed by atoms with van der Waals surface area (Å²) in [5.41, 5.74) is 1.40. The Balaban J connectivity index is 2.58. The van der Waals surface area contributed by atoms with E-state index in [1.165, 1.54) is 0 Å². The monoisotopic (exact) mass is 204 g/mol. The summed E-state index contributed by atoms with van der Waals surface area (Å²) in [7, 11) is 0. The van der Waals surface area contributed by atoms with Gasteiger partial charge in [0.1, 0.15) is 0 Å². The van der Waals surface area contributed by atoms with Crippen molar-refractivity contribution < 1.29 is 0 Å². The summed E-state index contributed by atoms with van der Waals surface area (Å²) in [5.74, 6) is 1.07. The van der Waals surface area contributed by atoms with Crippen molar-refractivity contribution in [3.8, 4) is 11.6 Å². The molecule has 15 heavy (non-hydrogen) atoms. The molecule has 5 heteroatoms. The van der Waals surface area contributed by atoms with Crippen molar-refractivity contribution in [2.75, 3.05) is 0 Å². The predicted octanol–water partition coefficient (Wildman–Crippen LogP) is 1.03. The van der Waals surface area contributed by atoms with E-state index in [2.05, 4.69) is 19.9 Å². The van der Waals surface area contributed by atoms with Crippen molar-refractivity contribution in [2.45, 2.75) is 20.3 Å². The summed E-state index contributed by atoms with van der Waals surface area (Å²) in [6.45, 7) is 3.77. The molecule has 78 valence electrons. The van der Waals surface area contributed by atoms with Gasteiger partial charge in [0.15, 0.2) is 11.6 Å². The molecule has 0 spiro atoms. The summed E-state index contributed by atoms with van der Waals surface area (Å²) >= 11 is 0. The normalized spacial score (nSPS) is 10.5. The molecule has 0 unspecified atom stereocenters. The first-order chi connectivity index (χ1) is 7.22. The Hall–Kier alpha value is -1.91. The van der Waals surface area contributed by atoms with E-state index < -0.39 is 0 Å². The summed E-state index contributed by atoms with van der Waals surface area (Å²) in [6.07, 6.45) is 4.00. The molecule has 0 aliphatic rings. The average Bonchev–Trinajstić information content (AvgIpc) is 2.69. The number of H-pyrrole nitrogens is 2. The Labute approximate surface area is 86.6 Å². The molecule has 2 aromatic heterocycles. The predicted molar refractivity (Wildman–Crippen MR) is 56.6 cm³/mol. The van der Waals surface area contributed by atoms with Gasteiger partial charge in [-0.3, -0.25) is 4.79 Å². The Morgan fingerprint density at radius 3 is 2.73 bits per heavy atom. The maximum absolute atomic E-state index is 11.6. The lowest BCUT2D eigenvalue weighted by Crippen LogP contribution is -2.17. The number of nitrogens with one attached hydrogen (secondary N) is 2. The van der Waals surface area contributed by atoms with Crippen LogP contribution in [0.4, 0.5) is 0 Å². The standard InChI is InChI=1S/C10H12N4O/c1-3-7-6(2)13-9(14-10(7)15)8-11-4-5-12-8/h4-5H,3H2,1-2H3,(H,11,12)(H,13,14,15). The molecule has 0 aliphatic heterocycles. The van der Waals surface area contributed by atoms with Gasteiger partial charge < -0.3 is 9.97 Å². The number of imidazole rings is 1. The van der Waals surface area contributed by atoms with E-state index in [1.54, 1.807) is 12.4 Å². The lowest BCUT2D eigenvalue weighted by Gasteiger charge is -2.02. The summed E-state index contributed by atoms with van der Waals surface area (Å²) in [5, 5.41) is 0. The Kier molecular flexibility index (Phi) is 2.37. The van der Waals surface area contributed by atoms with Gasteiger partial charge in [0, 0.05) is 23.7 Å². The summed E-state index contributed by atoms with van der Waals surface area (Å²) in [4.78, 5) is 25.6. The summed E-state index contributed by atoms with van der Waals surface area (Å²) < 4.78 is 0. The molecule has 0 amide bonds. The van der Waals surface area contributed by atoms with Crippen LogP contribution in [0.3, 0.4) is 0 Å². The van der Waals surface area contributed by atoms with Crippen LogP contribution in [0.15, 0.2) is 17.2 Å². The first kappa shape index (κ1) is 9.64. The highest BCUT2D eigenvalue weighted by atomic mass is 16.1. The Morgan fingerprint density at radius 2 is 2.20 bits per heavy atom. The molecule has 0 radical (unpaired) electrons. The maximum Gasteiger partial charge on any atom is 0.254 e. The third-order valence-corrected chi connectivity index (χ3v) is 2.30. The second kappa shape index (κ2) is 3.68. The third kappa shape index (κ3) is 1.68. The van der Waals surface area contributed by atoms with Crippen molar-refractivity contribution in [1.82, 2.24) is 19.9 Å². The molecule has 2 N–H and O–H groups in total. The minimum absolute atomic E-state index is 0.0867. The van der Waals surface area contributed by atoms with Gasteiger partial charge in [-0.15, -0.1) is 0 Å².